The molecule has 2 aliphatic rings. The zero-order valence-corrected chi connectivity index (χ0v) is 17.7. The van der Waals surface area contributed by atoms with Crippen LogP contribution in [0.15, 0.2) is 78.1 Å². The first-order valence-corrected chi connectivity index (χ1v) is 10.9. The first kappa shape index (κ1) is 20.3. The normalized spacial score (nSPS) is 16.4. The van der Waals surface area contributed by atoms with Gasteiger partial charge >= 0.3 is 0 Å². The van der Waals surface area contributed by atoms with E-state index in [2.05, 4.69) is 32.4 Å². The van der Waals surface area contributed by atoms with E-state index in [1.54, 1.807) is 6.20 Å². The summed E-state index contributed by atoms with van der Waals surface area (Å²) in [5, 5.41) is 3.10. The van der Waals surface area contributed by atoms with E-state index in [1.165, 1.54) is 0 Å². The van der Waals surface area contributed by atoms with Crippen molar-refractivity contribution in [1.82, 2.24) is 15.3 Å². The molecule has 0 aliphatic carbocycles. The van der Waals surface area contributed by atoms with Gasteiger partial charge in [-0.15, -0.1) is 0 Å². The van der Waals surface area contributed by atoms with Crippen molar-refractivity contribution in [1.29, 1.82) is 0 Å². The van der Waals surface area contributed by atoms with Crippen LogP contribution in [0.25, 0.3) is 16.8 Å². The van der Waals surface area contributed by atoms with E-state index in [4.69, 9.17) is 4.74 Å². The molecule has 0 spiro atoms. The number of carbonyl (C=O) groups is 1. The number of benzene rings is 1. The average molecular weight is 425 g/mol. The third-order valence-electron chi connectivity index (χ3n) is 5.78. The second-order valence-corrected chi connectivity index (χ2v) is 7.89. The van der Waals surface area contributed by atoms with E-state index in [-0.39, 0.29) is 11.9 Å². The highest BCUT2D eigenvalue weighted by atomic mass is 16.5. The van der Waals surface area contributed by atoms with Gasteiger partial charge in [-0.25, -0.2) is 0 Å². The molecule has 2 aliphatic heterocycles. The van der Waals surface area contributed by atoms with Gasteiger partial charge in [0.15, 0.2) is 0 Å². The van der Waals surface area contributed by atoms with Crippen LogP contribution >= 0.6 is 0 Å². The Labute approximate surface area is 187 Å². The molecule has 1 aromatic carbocycles. The zero-order valence-electron chi connectivity index (χ0n) is 17.7. The molecule has 0 saturated carbocycles. The lowest BCUT2D eigenvalue weighted by Crippen LogP contribution is -2.38. The Morgan fingerprint density at radius 2 is 1.72 bits per heavy atom. The van der Waals surface area contributed by atoms with E-state index < -0.39 is 0 Å². The predicted octanol–water partition coefficient (Wildman–Crippen LogP) is 3.94. The van der Waals surface area contributed by atoms with Crippen molar-refractivity contribution in [2.45, 2.75) is 18.9 Å². The largest absolute Gasteiger partial charge is 0.381 e. The van der Waals surface area contributed by atoms with E-state index >= 15 is 0 Å². The minimum absolute atomic E-state index is 0.0440. The fourth-order valence-electron chi connectivity index (χ4n) is 4.05. The summed E-state index contributed by atoms with van der Waals surface area (Å²) in [4.78, 5) is 26.2. The van der Waals surface area contributed by atoms with Crippen LogP contribution in [-0.2, 0) is 4.74 Å². The smallest absolute Gasteiger partial charge is 0.251 e. The zero-order chi connectivity index (χ0) is 21.8. The lowest BCUT2D eigenvalue weighted by molar-refractivity contribution is 0.0696. The molecule has 1 amide bonds. The highest BCUT2D eigenvalue weighted by molar-refractivity contribution is 6.32. The van der Waals surface area contributed by atoms with Crippen LogP contribution in [0.2, 0.25) is 0 Å². The van der Waals surface area contributed by atoms with Gasteiger partial charge in [0.25, 0.3) is 5.91 Å². The second-order valence-electron chi connectivity index (χ2n) is 7.89. The number of allylic oxidation sites excluding steroid dienone is 1. The number of ether oxygens (including phenoxy) is 1. The van der Waals surface area contributed by atoms with Gasteiger partial charge in [-0.3, -0.25) is 19.8 Å². The quantitative estimate of drug-likeness (QED) is 0.673. The fourth-order valence-corrected chi connectivity index (χ4v) is 4.05. The molecule has 5 rings (SSSR count). The van der Waals surface area contributed by atoms with E-state index in [0.29, 0.717) is 25.3 Å². The molecule has 0 atom stereocenters. The minimum atomic E-state index is -0.0440. The summed E-state index contributed by atoms with van der Waals surface area (Å²) in [6.45, 7) is 2.06. The maximum absolute atomic E-state index is 12.6. The summed E-state index contributed by atoms with van der Waals surface area (Å²) in [5.74, 6) is -0.0440. The van der Waals surface area contributed by atoms with Crippen LogP contribution in [-0.4, -0.2) is 47.4 Å². The number of aromatic nitrogens is 2. The van der Waals surface area contributed by atoms with Crippen LogP contribution < -0.4 is 5.32 Å². The second kappa shape index (κ2) is 9.24. The van der Waals surface area contributed by atoms with Gasteiger partial charge in [-0.2, -0.15) is 0 Å². The molecule has 3 aromatic rings. The number of hydrogen-bond donors (Lipinski definition) is 1. The molecule has 1 saturated heterocycles. The number of rotatable bonds is 5. The third-order valence-corrected chi connectivity index (χ3v) is 5.78. The van der Waals surface area contributed by atoms with Gasteiger partial charge in [-0.1, -0.05) is 24.3 Å². The molecule has 1 N–H and O–H groups in total. The van der Waals surface area contributed by atoms with Gasteiger partial charge in [0, 0.05) is 48.3 Å². The molecule has 0 unspecified atom stereocenters. The molecule has 32 heavy (non-hydrogen) atoms. The molecule has 6 heteroatoms. The van der Waals surface area contributed by atoms with Crippen LogP contribution in [0, 0.1) is 0 Å². The van der Waals surface area contributed by atoms with Crippen molar-refractivity contribution >= 4 is 17.2 Å². The molecular weight excluding hydrogens is 400 g/mol. The summed E-state index contributed by atoms with van der Waals surface area (Å²) in [6.07, 6.45) is 7.43. The monoisotopic (exact) mass is 424 g/mol. The maximum Gasteiger partial charge on any atom is 0.251 e. The Hall–Kier alpha value is -3.64. The van der Waals surface area contributed by atoms with Crippen molar-refractivity contribution in [3.63, 3.8) is 0 Å². The van der Waals surface area contributed by atoms with Gasteiger partial charge in [0.1, 0.15) is 0 Å². The van der Waals surface area contributed by atoms with Crippen LogP contribution in [0.4, 0.5) is 0 Å². The van der Waals surface area contributed by atoms with Crippen molar-refractivity contribution in [3.05, 3.63) is 89.9 Å². The Morgan fingerprint density at radius 3 is 2.50 bits per heavy atom. The topological polar surface area (TPSA) is 76.5 Å². The van der Waals surface area contributed by atoms with Crippen molar-refractivity contribution in [3.8, 4) is 11.3 Å². The van der Waals surface area contributed by atoms with Gasteiger partial charge in [0.05, 0.1) is 23.6 Å². The van der Waals surface area contributed by atoms with Gasteiger partial charge < -0.3 is 10.1 Å². The Balaban J connectivity index is 1.33. The number of aliphatic imine (C=N–C) groups is 1. The maximum atomic E-state index is 12.6. The third kappa shape index (κ3) is 4.36. The molecule has 1 fully saturated rings. The molecule has 160 valence electrons. The Morgan fingerprint density at radius 1 is 0.906 bits per heavy atom. The van der Waals surface area contributed by atoms with Crippen molar-refractivity contribution < 1.29 is 9.53 Å². The summed E-state index contributed by atoms with van der Waals surface area (Å²) in [7, 11) is 0. The molecule has 0 radical (unpaired) electrons. The van der Waals surface area contributed by atoms with Crippen molar-refractivity contribution in [2.75, 3.05) is 19.8 Å². The van der Waals surface area contributed by atoms with Crippen LogP contribution in [0.3, 0.4) is 0 Å². The summed E-state index contributed by atoms with van der Waals surface area (Å²) >= 11 is 0. The summed E-state index contributed by atoms with van der Waals surface area (Å²) in [6, 6.07) is 17.7. The first-order chi connectivity index (χ1) is 15.8. The van der Waals surface area contributed by atoms with E-state index in [9.17, 15) is 4.79 Å². The number of nitrogens with zero attached hydrogens (tertiary/aromatic N) is 3. The average Bonchev–Trinajstić information content (AvgIpc) is 3.36. The van der Waals surface area contributed by atoms with E-state index in [0.717, 1.165) is 46.6 Å². The molecule has 4 heterocycles. The Bertz CT molecular complexity index is 1160. The number of nitrogens with one attached hydrogen (secondary N) is 1. The highest BCUT2D eigenvalue weighted by Gasteiger charge is 2.19. The lowest BCUT2D eigenvalue weighted by atomic mass is 9.98. The van der Waals surface area contributed by atoms with E-state index in [1.807, 2.05) is 54.7 Å². The summed E-state index contributed by atoms with van der Waals surface area (Å²) in [5.41, 5.74) is 6.37. The first-order valence-electron chi connectivity index (χ1n) is 10.9. The minimum Gasteiger partial charge on any atom is -0.381 e. The fraction of sp³-hybridized carbons (Fsp3) is 0.231. The number of pyridine rings is 2. The van der Waals surface area contributed by atoms with Gasteiger partial charge in [0.2, 0.25) is 0 Å². The SMILES string of the molecule is O=C(NC1CCOCC1)c1ccc(-c2cc(C3=CCN=C3c3ccccn3)ccn2)cc1. The summed E-state index contributed by atoms with van der Waals surface area (Å²) < 4.78 is 5.36. The van der Waals surface area contributed by atoms with Crippen LogP contribution in [0.1, 0.15) is 34.5 Å². The van der Waals surface area contributed by atoms with Gasteiger partial charge in [-0.05, 0) is 54.8 Å². The molecular formula is C26H24N4O2. The number of amides is 1. The van der Waals surface area contributed by atoms with Crippen molar-refractivity contribution in [2.24, 2.45) is 4.99 Å². The highest BCUT2D eigenvalue weighted by Crippen LogP contribution is 2.27. The lowest BCUT2D eigenvalue weighted by Gasteiger charge is -2.23. The Kier molecular flexibility index (Phi) is 5.85. The standard InChI is InChI=1S/C26H24N4O2/c31-26(30-21-10-15-32-16-11-21)19-6-4-18(5-7-19)24-17-20(8-13-28-24)22-9-14-29-25(22)23-3-1-2-12-27-23/h1-9,12-13,17,21H,10-11,14-16H2,(H,30,31). The molecule has 6 nitrogen and oxygen atoms in total. The number of carbonyl (C=O) groups excluding carboxylic acids is 1. The molecule has 2 aromatic heterocycles. The molecule has 0 bridgehead atoms. The predicted molar refractivity (Wildman–Crippen MR) is 125 cm³/mol. The number of hydrogen-bond acceptors (Lipinski definition) is 5. The van der Waals surface area contributed by atoms with Crippen LogP contribution in [0.5, 0.6) is 0 Å².